The van der Waals surface area contributed by atoms with E-state index in [1.165, 1.54) is 18.9 Å². The van der Waals surface area contributed by atoms with Crippen molar-refractivity contribution in [3.63, 3.8) is 0 Å². The van der Waals surface area contributed by atoms with Gasteiger partial charge in [-0.2, -0.15) is 0 Å². The number of carbonyl (C=O) groups is 3. The average Bonchev–Trinajstić information content (AvgIpc) is 3.13. The summed E-state index contributed by atoms with van der Waals surface area (Å²) in [6.45, 7) is 1.41. The number of aliphatic carboxylic acids is 1. The molecule has 35 heavy (non-hydrogen) atoms. The Bertz CT molecular complexity index is 1170. The zero-order valence-electron chi connectivity index (χ0n) is 19.9. The molecule has 2 aromatic rings. The molecule has 2 amide bonds. The number of nitrogens with one attached hydrogen (secondary N) is 1. The molecule has 188 valence electrons. The fourth-order valence-electron chi connectivity index (χ4n) is 4.22. The largest absolute Gasteiger partial charge is 0.481 e. The number of benzene rings is 2. The SMILES string of the molecule is CC(CN(C)C(=O)C(CCS(C)(=O)=O)NC(=O)OCC1c2ccccc2-c2ccccc21)C(=O)O. The van der Waals surface area contributed by atoms with Crippen molar-refractivity contribution in [2.75, 3.05) is 32.2 Å². The number of amides is 2. The monoisotopic (exact) mass is 502 g/mol. The summed E-state index contributed by atoms with van der Waals surface area (Å²) in [5.41, 5.74) is 4.22. The Morgan fingerprint density at radius 1 is 1.06 bits per heavy atom. The minimum Gasteiger partial charge on any atom is -0.481 e. The van der Waals surface area contributed by atoms with E-state index in [4.69, 9.17) is 9.84 Å². The van der Waals surface area contributed by atoms with E-state index in [0.717, 1.165) is 28.5 Å². The number of alkyl carbamates (subject to hydrolysis) is 1. The van der Waals surface area contributed by atoms with Crippen molar-refractivity contribution in [3.8, 4) is 11.1 Å². The zero-order chi connectivity index (χ0) is 25.8. The molecule has 0 aromatic heterocycles. The fraction of sp³-hybridized carbons (Fsp3) is 0.400. The number of likely N-dealkylation sites (N-methyl/N-ethyl adjacent to an activating group) is 1. The van der Waals surface area contributed by atoms with Crippen molar-refractivity contribution in [2.45, 2.75) is 25.3 Å². The minimum atomic E-state index is -3.40. The zero-order valence-corrected chi connectivity index (χ0v) is 20.7. The van der Waals surface area contributed by atoms with E-state index in [9.17, 15) is 22.8 Å². The Morgan fingerprint density at radius 3 is 2.11 bits per heavy atom. The third-order valence-electron chi connectivity index (χ3n) is 6.06. The number of hydrogen-bond donors (Lipinski definition) is 2. The second-order valence-electron chi connectivity index (χ2n) is 8.90. The maximum atomic E-state index is 12.9. The van der Waals surface area contributed by atoms with Crippen molar-refractivity contribution in [3.05, 3.63) is 59.7 Å². The van der Waals surface area contributed by atoms with Gasteiger partial charge in [0.1, 0.15) is 22.5 Å². The summed E-state index contributed by atoms with van der Waals surface area (Å²) in [5, 5.41) is 11.6. The normalized spacial score (nSPS) is 14.4. The Kier molecular flexibility index (Phi) is 8.16. The molecule has 0 heterocycles. The molecule has 0 saturated carbocycles. The number of carboxylic acid groups (broad SMARTS) is 1. The predicted octanol–water partition coefficient (Wildman–Crippen LogP) is 2.51. The van der Waals surface area contributed by atoms with Gasteiger partial charge in [0.25, 0.3) is 0 Å². The van der Waals surface area contributed by atoms with Gasteiger partial charge in [-0.15, -0.1) is 0 Å². The standard InChI is InChI=1S/C25H30N2O7S/c1-16(24(29)30)14-27(2)23(28)22(12-13-35(3,32)33)26-25(31)34-15-21-19-10-6-4-8-17(19)18-9-5-7-11-20(18)21/h4-11,16,21-22H,12-15H2,1-3H3,(H,26,31)(H,29,30). The summed E-state index contributed by atoms with van der Waals surface area (Å²) in [5.74, 6) is -2.97. The first-order valence-electron chi connectivity index (χ1n) is 11.2. The van der Waals surface area contributed by atoms with E-state index in [-0.39, 0.29) is 31.2 Å². The third kappa shape index (κ3) is 6.60. The number of nitrogens with zero attached hydrogens (tertiary/aromatic N) is 1. The number of sulfone groups is 1. The first kappa shape index (κ1) is 26.2. The Balaban J connectivity index is 1.69. The number of carbonyl (C=O) groups excluding carboxylic acids is 2. The highest BCUT2D eigenvalue weighted by molar-refractivity contribution is 7.90. The molecule has 2 aromatic carbocycles. The summed E-state index contributed by atoms with van der Waals surface area (Å²) in [6.07, 6.45) is 0.0320. The molecule has 0 spiro atoms. The second kappa shape index (κ2) is 10.9. The van der Waals surface area contributed by atoms with Gasteiger partial charge in [-0.25, -0.2) is 13.2 Å². The molecule has 10 heteroatoms. The van der Waals surface area contributed by atoms with Crippen LogP contribution >= 0.6 is 0 Å². The highest BCUT2D eigenvalue weighted by atomic mass is 32.2. The number of ether oxygens (including phenoxy) is 1. The summed E-state index contributed by atoms with van der Waals surface area (Å²) in [4.78, 5) is 37.9. The highest BCUT2D eigenvalue weighted by Crippen LogP contribution is 2.44. The maximum absolute atomic E-state index is 12.9. The summed E-state index contributed by atoms with van der Waals surface area (Å²) < 4.78 is 28.8. The molecule has 3 rings (SSSR count). The number of rotatable bonds is 10. The van der Waals surface area contributed by atoms with Gasteiger partial charge < -0.3 is 20.1 Å². The van der Waals surface area contributed by atoms with E-state index in [0.29, 0.717) is 0 Å². The van der Waals surface area contributed by atoms with Gasteiger partial charge >= 0.3 is 12.1 Å². The molecule has 2 N–H and O–H groups in total. The van der Waals surface area contributed by atoms with Crippen LogP contribution < -0.4 is 5.32 Å². The van der Waals surface area contributed by atoms with Crippen molar-refractivity contribution in [2.24, 2.45) is 5.92 Å². The molecule has 9 nitrogen and oxygen atoms in total. The van der Waals surface area contributed by atoms with E-state index < -0.39 is 39.8 Å². The molecule has 0 bridgehead atoms. The van der Waals surface area contributed by atoms with Crippen LogP contribution in [0.2, 0.25) is 0 Å². The molecule has 2 atom stereocenters. The van der Waals surface area contributed by atoms with Gasteiger partial charge in [-0.3, -0.25) is 9.59 Å². The molecule has 1 aliphatic rings. The maximum Gasteiger partial charge on any atom is 0.407 e. The average molecular weight is 503 g/mol. The summed E-state index contributed by atoms with van der Waals surface area (Å²) in [6, 6.07) is 14.6. The lowest BCUT2D eigenvalue weighted by Gasteiger charge is -2.26. The van der Waals surface area contributed by atoms with Crippen LogP contribution in [-0.4, -0.2) is 74.6 Å². The molecular weight excluding hydrogens is 472 g/mol. The molecule has 0 fully saturated rings. The number of carboxylic acids is 1. The predicted molar refractivity (Wildman–Crippen MR) is 131 cm³/mol. The lowest BCUT2D eigenvalue weighted by atomic mass is 9.98. The van der Waals surface area contributed by atoms with Crippen LogP contribution in [0.1, 0.15) is 30.4 Å². The van der Waals surface area contributed by atoms with E-state index in [1.54, 1.807) is 0 Å². The Hall–Kier alpha value is -3.40. The second-order valence-corrected chi connectivity index (χ2v) is 11.2. The smallest absolute Gasteiger partial charge is 0.407 e. The van der Waals surface area contributed by atoms with Crippen LogP contribution in [0, 0.1) is 5.92 Å². The van der Waals surface area contributed by atoms with Gasteiger partial charge in [0.05, 0.1) is 11.7 Å². The van der Waals surface area contributed by atoms with Crippen LogP contribution in [0.15, 0.2) is 48.5 Å². The van der Waals surface area contributed by atoms with Crippen LogP contribution in [0.3, 0.4) is 0 Å². The van der Waals surface area contributed by atoms with Crippen molar-refractivity contribution in [1.82, 2.24) is 10.2 Å². The minimum absolute atomic E-state index is 0.0404. The molecule has 0 aliphatic heterocycles. The van der Waals surface area contributed by atoms with Crippen molar-refractivity contribution >= 4 is 27.8 Å². The number of fused-ring (bicyclic) bond motifs is 3. The lowest BCUT2D eigenvalue weighted by Crippen LogP contribution is -2.49. The Labute approximate surface area is 205 Å². The first-order valence-corrected chi connectivity index (χ1v) is 13.3. The topological polar surface area (TPSA) is 130 Å². The van der Waals surface area contributed by atoms with Gasteiger partial charge in [0.2, 0.25) is 5.91 Å². The molecular formula is C25H30N2O7S. The quantitative estimate of drug-likeness (QED) is 0.510. The van der Waals surface area contributed by atoms with Gasteiger partial charge in [-0.1, -0.05) is 55.5 Å². The van der Waals surface area contributed by atoms with Gasteiger partial charge in [-0.05, 0) is 28.7 Å². The summed E-state index contributed by atoms with van der Waals surface area (Å²) in [7, 11) is -1.99. The van der Waals surface area contributed by atoms with E-state index >= 15 is 0 Å². The number of hydrogen-bond acceptors (Lipinski definition) is 6. The third-order valence-corrected chi connectivity index (χ3v) is 7.03. The summed E-state index contributed by atoms with van der Waals surface area (Å²) >= 11 is 0. The van der Waals surface area contributed by atoms with Crippen LogP contribution in [0.25, 0.3) is 11.1 Å². The molecule has 0 radical (unpaired) electrons. The molecule has 0 saturated heterocycles. The van der Waals surface area contributed by atoms with Crippen LogP contribution in [-0.2, 0) is 24.2 Å². The van der Waals surface area contributed by atoms with Gasteiger partial charge in [0.15, 0.2) is 0 Å². The fourth-order valence-corrected chi connectivity index (χ4v) is 4.88. The van der Waals surface area contributed by atoms with Crippen LogP contribution in [0.5, 0.6) is 0 Å². The van der Waals surface area contributed by atoms with Gasteiger partial charge in [0, 0.05) is 25.8 Å². The molecule has 1 aliphatic carbocycles. The molecule has 2 unspecified atom stereocenters. The highest BCUT2D eigenvalue weighted by Gasteiger charge is 2.31. The van der Waals surface area contributed by atoms with E-state index in [1.807, 2.05) is 48.5 Å². The van der Waals surface area contributed by atoms with E-state index in [2.05, 4.69) is 5.32 Å². The Morgan fingerprint density at radius 2 is 1.60 bits per heavy atom. The van der Waals surface area contributed by atoms with Crippen LogP contribution in [0.4, 0.5) is 4.79 Å². The lowest BCUT2D eigenvalue weighted by molar-refractivity contribution is -0.143. The first-order chi connectivity index (χ1) is 16.5. The van der Waals surface area contributed by atoms with Crippen molar-refractivity contribution in [1.29, 1.82) is 0 Å². The van der Waals surface area contributed by atoms with Crippen molar-refractivity contribution < 1.29 is 32.6 Å².